The summed E-state index contributed by atoms with van der Waals surface area (Å²) in [6, 6.07) is 4.06. The highest BCUT2D eigenvalue weighted by Crippen LogP contribution is 2.45. The van der Waals surface area contributed by atoms with Crippen molar-refractivity contribution < 1.29 is 14.0 Å². The van der Waals surface area contributed by atoms with Gasteiger partial charge in [-0.15, -0.1) is 10.2 Å². The number of carbonyl (C=O) groups excluding carboxylic acids is 2. The Kier molecular flexibility index (Phi) is 5.20. The topological polar surface area (TPSA) is 93.3 Å². The zero-order valence-corrected chi connectivity index (χ0v) is 16.1. The SMILES string of the molecule is CN(CC(=O)NCc1ccco1)C(=O)CSc1nnc(C2CC2)n1C1CC1. The summed E-state index contributed by atoms with van der Waals surface area (Å²) in [5, 5.41) is 12.2. The normalized spacial score (nSPS) is 16.3. The zero-order chi connectivity index (χ0) is 18.8. The van der Waals surface area contributed by atoms with E-state index in [0.717, 1.165) is 23.8 Å². The molecule has 2 aromatic rings. The molecule has 4 rings (SSSR count). The van der Waals surface area contributed by atoms with E-state index in [1.807, 2.05) is 0 Å². The maximum absolute atomic E-state index is 12.4. The number of hydrogen-bond acceptors (Lipinski definition) is 6. The standard InChI is InChI=1S/C18H23N5O3S/c1-22(10-15(24)19-9-14-3-2-8-26-14)16(25)11-27-18-21-20-17(12-4-5-12)23(18)13-6-7-13/h2-3,8,12-13H,4-7,9-11H2,1H3,(H,19,24). The molecule has 0 radical (unpaired) electrons. The molecule has 1 N–H and O–H groups in total. The van der Waals surface area contributed by atoms with Crippen molar-refractivity contribution >= 4 is 23.6 Å². The molecule has 2 aromatic heterocycles. The average molecular weight is 389 g/mol. The van der Waals surface area contributed by atoms with Gasteiger partial charge in [0, 0.05) is 19.0 Å². The highest BCUT2D eigenvalue weighted by Gasteiger charge is 2.36. The molecule has 0 bridgehead atoms. The van der Waals surface area contributed by atoms with E-state index in [9.17, 15) is 9.59 Å². The molecular weight excluding hydrogens is 366 g/mol. The summed E-state index contributed by atoms with van der Waals surface area (Å²) in [5.74, 6) is 2.23. The average Bonchev–Trinajstić information content (AvgIpc) is 3.59. The van der Waals surface area contributed by atoms with Gasteiger partial charge in [0.25, 0.3) is 0 Å². The maximum Gasteiger partial charge on any atom is 0.239 e. The fourth-order valence-corrected chi connectivity index (χ4v) is 3.83. The van der Waals surface area contributed by atoms with Crippen molar-refractivity contribution in [3.63, 3.8) is 0 Å². The van der Waals surface area contributed by atoms with Gasteiger partial charge in [0.2, 0.25) is 11.8 Å². The van der Waals surface area contributed by atoms with Crippen molar-refractivity contribution in [2.75, 3.05) is 19.3 Å². The van der Waals surface area contributed by atoms with Crippen molar-refractivity contribution in [1.82, 2.24) is 25.0 Å². The first-order chi connectivity index (χ1) is 13.1. The third-order valence-corrected chi connectivity index (χ3v) is 5.64. The van der Waals surface area contributed by atoms with E-state index in [-0.39, 0.29) is 24.1 Å². The van der Waals surface area contributed by atoms with Gasteiger partial charge in [-0.05, 0) is 37.8 Å². The Morgan fingerprint density at radius 1 is 1.33 bits per heavy atom. The monoisotopic (exact) mass is 389 g/mol. The number of amides is 2. The summed E-state index contributed by atoms with van der Waals surface area (Å²) < 4.78 is 7.40. The van der Waals surface area contributed by atoms with Crippen LogP contribution >= 0.6 is 11.8 Å². The quantitative estimate of drug-likeness (QED) is 0.659. The van der Waals surface area contributed by atoms with Crippen molar-refractivity contribution in [1.29, 1.82) is 0 Å². The Morgan fingerprint density at radius 3 is 2.81 bits per heavy atom. The van der Waals surface area contributed by atoms with Crippen LogP contribution in [0.3, 0.4) is 0 Å². The first kappa shape index (κ1) is 18.1. The minimum Gasteiger partial charge on any atom is -0.467 e. The number of aromatic nitrogens is 3. The van der Waals surface area contributed by atoms with Crippen LogP contribution in [-0.4, -0.2) is 50.8 Å². The molecule has 0 saturated heterocycles. The second kappa shape index (κ2) is 7.75. The predicted octanol–water partition coefficient (Wildman–Crippen LogP) is 1.95. The Bertz CT molecular complexity index is 811. The Labute approximate surface area is 161 Å². The summed E-state index contributed by atoms with van der Waals surface area (Å²) >= 11 is 1.41. The molecule has 0 unspecified atom stereocenters. The second-order valence-electron chi connectivity index (χ2n) is 7.11. The van der Waals surface area contributed by atoms with Crippen molar-refractivity contribution in [3.05, 3.63) is 30.0 Å². The molecule has 2 saturated carbocycles. The van der Waals surface area contributed by atoms with Gasteiger partial charge in [-0.25, -0.2) is 0 Å². The van der Waals surface area contributed by atoms with E-state index >= 15 is 0 Å². The Balaban J connectivity index is 1.26. The molecule has 0 aliphatic heterocycles. The summed E-state index contributed by atoms with van der Waals surface area (Å²) in [6.07, 6.45) is 6.25. The molecule has 0 aromatic carbocycles. The third-order valence-electron chi connectivity index (χ3n) is 4.72. The molecule has 0 spiro atoms. The van der Waals surface area contributed by atoms with Crippen LogP contribution in [0, 0.1) is 0 Å². The largest absolute Gasteiger partial charge is 0.467 e. The van der Waals surface area contributed by atoms with Crippen molar-refractivity contribution in [3.8, 4) is 0 Å². The van der Waals surface area contributed by atoms with Crippen molar-refractivity contribution in [2.45, 2.75) is 49.3 Å². The van der Waals surface area contributed by atoms with Crippen LogP contribution in [0.4, 0.5) is 0 Å². The molecule has 27 heavy (non-hydrogen) atoms. The van der Waals surface area contributed by atoms with Crippen LogP contribution in [0.1, 0.15) is 49.2 Å². The van der Waals surface area contributed by atoms with Crippen molar-refractivity contribution in [2.24, 2.45) is 0 Å². The summed E-state index contributed by atoms with van der Waals surface area (Å²) in [5.41, 5.74) is 0. The molecule has 9 heteroatoms. The van der Waals surface area contributed by atoms with Gasteiger partial charge in [-0.3, -0.25) is 9.59 Å². The lowest BCUT2D eigenvalue weighted by Gasteiger charge is -2.16. The molecule has 2 aliphatic carbocycles. The number of nitrogens with zero attached hydrogens (tertiary/aromatic N) is 4. The number of thioether (sulfide) groups is 1. The summed E-state index contributed by atoms with van der Waals surface area (Å²) in [7, 11) is 1.64. The van der Waals surface area contributed by atoms with Crippen LogP contribution in [0.5, 0.6) is 0 Å². The number of carbonyl (C=O) groups is 2. The minimum atomic E-state index is -0.218. The molecule has 2 aliphatic rings. The number of rotatable bonds is 9. The lowest BCUT2D eigenvalue weighted by atomic mass is 10.4. The molecule has 0 atom stereocenters. The zero-order valence-electron chi connectivity index (χ0n) is 15.3. The first-order valence-corrected chi connectivity index (χ1v) is 10.2. The van der Waals surface area contributed by atoms with Crippen LogP contribution in [0.15, 0.2) is 28.0 Å². The molecule has 8 nitrogen and oxygen atoms in total. The number of likely N-dealkylation sites (N-methyl/N-ethyl adjacent to an activating group) is 1. The Hall–Kier alpha value is -2.29. The lowest BCUT2D eigenvalue weighted by molar-refractivity contribution is -0.132. The van der Waals surface area contributed by atoms with Gasteiger partial charge < -0.3 is 19.2 Å². The second-order valence-corrected chi connectivity index (χ2v) is 8.05. The molecule has 2 heterocycles. The summed E-state index contributed by atoms with van der Waals surface area (Å²) in [4.78, 5) is 25.8. The molecule has 2 amide bonds. The minimum absolute atomic E-state index is 0.0166. The first-order valence-electron chi connectivity index (χ1n) is 9.22. The van der Waals surface area contributed by atoms with E-state index < -0.39 is 0 Å². The van der Waals surface area contributed by atoms with Gasteiger partial charge >= 0.3 is 0 Å². The van der Waals surface area contributed by atoms with Crippen LogP contribution < -0.4 is 5.32 Å². The molecular formula is C18H23N5O3S. The molecule has 2 fully saturated rings. The predicted molar refractivity (Wildman–Crippen MR) is 99.2 cm³/mol. The van der Waals surface area contributed by atoms with Gasteiger partial charge in [0.1, 0.15) is 11.6 Å². The highest BCUT2D eigenvalue weighted by molar-refractivity contribution is 7.99. The van der Waals surface area contributed by atoms with E-state index in [0.29, 0.717) is 24.3 Å². The van der Waals surface area contributed by atoms with Gasteiger partial charge in [0.15, 0.2) is 5.16 Å². The van der Waals surface area contributed by atoms with Gasteiger partial charge in [0.05, 0.1) is 25.1 Å². The van der Waals surface area contributed by atoms with E-state index in [1.54, 1.807) is 25.4 Å². The van der Waals surface area contributed by atoms with E-state index in [2.05, 4.69) is 20.1 Å². The van der Waals surface area contributed by atoms with Gasteiger partial charge in [-0.2, -0.15) is 0 Å². The van der Waals surface area contributed by atoms with Crippen LogP contribution in [-0.2, 0) is 16.1 Å². The Morgan fingerprint density at radius 2 is 2.15 bits per heavy atom. The fraction of sp³-hybridized carbons (Fsp3) is 0.556. The van der Waals surface area contributed by atoms with Gasteiger partial charge in [-0.1, -0.05) is 11.8 Å². The lowest BCUT2D eigenvalue weighted by Crippen LogP contribution is -2.38. The van der Waals surface area contributed by atoms with E-state index in [4.69, 9.17) is 4.42 Å². The fourth-order valence-electron chi connectivity index (χ4n) is 2.88. The van der Waals surface area contributed by atoms with Crippen LogP contribution in [0.2, 0.25) is 0 Å². The number of hydrogen-bond donors (Lipinski definition) is 1. The highest BCUT2D eigenvalue weighted by atomic mass is 32.2. The van der Waals surface area contributed by atoms with E-state index in [1.165, 1.54) is 29.5 Å². The summed E-state index contributed by atoms with van der Waals surface area (Å²) in [6.45, 7) is 0.333. The molecule has 144 valence electrons. The van der Waals surface area contributed by atoms with Crippen LogP contribution in [0.25, 0.3) is 0 Å². The maximum atomic E-state index is 12.4. The third kappa shape index (κ3) is 4.52. The number of nitrogens with one attached hydrogen (secondary N) is 1. The smallest absolute Gasteiger partial charge is 0.239 e. The number of furan rings is 1.